The standard InChI is InChI=1S/C22H22N8O7S3/c1-28-14-4-3-12(40(24,35)36)5-10(14)6-29(28)7-11-8-38-20-16(19(32)30(20)17(11)21(33)34)26-18(31)15(27-37-2)13-9-39-22(23)25-13/h3-6,9,16,20H,7-8H2,1-2H3,(H5-,23,24,25,26,31,33,34,35,36)/b27-15-/t16-,20-/m1/s1. The first-order valence-corrected chi connectivity index (χ1v) is 14.9. The van der Waals surface area contributed by atoms with Crippen LogP contribution in [0.15, 0.2) is 51.1 Å². The van der Waals surface area contributed by atoms with Crippen LogP contribution in [-0.4, -0.2) is 70.8 Å². The molecule has 0 bridgehead atoms. The molecule has 2 aliphatic rings. The third kappa shape index (κ3) is 4.78. The zero-order valence-electron chi connectivity index (χ0n) is 20.9. The highest BCUT2D eigenvalue weighted by Crippen LogP contribution is 2.40. The number of benzene rings is 1. The number of thiazole rings is 1. The molecule has 2 atom stereocenters. The van der Waals surface area contributed by atoms with Crippen molar-refractivity contribution in [3.63, 3.8) is 0 Å². The molecule has 0 radical (unpaired) electrons. The minimum atomic E-state index is -3.91. The van der Waals surface area contributed by atoms with Gasteiger partial charge >= 0.3 is 0 Å². The van der Waals surface area contributed by atoms with Crippen molar-refractivity contribution in [2.24, 2.45) is 17.3 Å². The number of nitrogens with zero attached hydrogens (tertiary/aromatic N) is 5. The van der Waals surface area contributed by atoms with Gasteiger partial charge in [0, 0.05) is 16.7 Å². The molecular formula is C22H22N8O7S3. The van der Waals surface area contributed by atoms with E-state index in [1.54, 1.807) is 28.7 Å². The highest BCUT2D eigenvalue weighted by Gasteiger charge is 2.53. The third-order valence-electron chi connectivity index (χ3n) is 6.39. The van der Waals surface area contributed by atoms with Gasteiger partial charge in [-0.3, -0.25) is 14.5 Å². The van der Waals surface area contributed by atoms with E-state index >= 15 is 0 Å². The van der Waals surface area contributed by atoms with Crippen LogP contribution in [0, 0.1) is 0 Å². The molecule has 2 aliphatic heterocycles. The lowest BCUT2D eigenvalue weighted by atomic mass is 10.0. The van der Waals surface area contributed by atoms with Crippen LogP contribution in [-0.2, 0) is 42.8 Å². The Morgan fingerprint density at radius 3 is 2.75 bits per heavy atom. The fourth-order valence-electron chi connectivity index (χ4n) is 4.54. The quantitative estimate of drug-likeness (QED) is 0.107. The number of carbonyl (C=O) groups excluding carboxylic acids is 3. The van der Waals surface area contributed by atoms with Crippen LogP contribution in [0.25, 0.3) is 10.9 Å². The molecule has 5 rings (SSSR count). The highest BCUT2D eigenvalue weighted by molar-refractivity contribution is 8.00. The number of nitrogens with two attached hydrogens (primary N) is 2. The summed E-state index contributed by atoms with van der Waals surface area (Å²) in [6.45, 7) is 0.0790. The SMILES string of the molecule is CO/N=C(\C(=O)N[C@@H]1C(=O)N2C(C(=O)[O-])=C(C[n+]3cc4cc(S(N)(=O)=O)ccc4n3C)CS[C@H]12)c1csc(N)n1. The Hall–Kier alpha value is -4.00. The van der Waals surface area contributed by atoms with Crippen LogP contribution in [0.3, 0.4) is 0 Å². The van der Waals surface area contributed by atoms with Crippen molar-refractivity contribution in [1.82, 2.24) is 19.9 Å². The first-order valence-electron chi connectivity index (χ1n) is 11.4. The average molecular weight is 607 g/mol. The van der Waals surface area contributed by atoms with E-state index in [0.29, 0.717) is 16.5 Å². The van der Waals surface area contributed by atoms with E-state index in [0.717, 1.165) is 16.2 Å². The molecule has 0 spiro atoms. The molecule has 3 aromatic rings. The summed E-state index contributed by atoms with van der Waals surface area (Å²) < 4.78 is 26.9. The van der Waals surface area contributed by atoms with Gasteiger partial charge in [0.2, 0.25) is 16.2 Å². The van der Waals surface area contributed by atoms with Crippen LogP contribution in [0.4, 0.5) is 5.13 Å². The Bertz CT molecular complexity index is 1740. The predicted molar refractivity (Wildman–Crippen MR) is 142 cm³/mol. The number of fused-ring (bicyclic) bond motifs is 2. The maximum atomic E-state index is 13.1. The number of carboxylic acids is 1. The number of aromatic nitrogens is 3. The van der Waals surface area contributed by atoms with Gasteiger partial charge in [-0.05, 0) is 18.2 Å². The second-order valence-electron chi connectivity index (χ2n) is 8.81. The number of aliphatic carboxylic acids is 1. The van der Waals surface area contributed by atoms with Gasteiger partial charge in [-0.15, -0.1) is 27.8 Å². The Kier molecular flexibility index (Phi) is 7.02. The predicted octanol–water partition coefficient (Wildman–Crippen LogP) is -2.39. The van der Waals surface area contributed by atoms with Crippen LogP contribution in [0.1, 0.15) is 5.69 Å². The Morgan fingerprint density at radius 2 is 2.12 bits per heavy atom. The van der Waals surface area contributed by atoms with E-state index in [1.807, 2.05) is 0 Å². The molecule has 18 heteroatoms. The molecule has 1 fully saturated rings. The van der Waals surface area contributed by atoms with Gasteiger partial charge < -0.3 is 25.8 Å². The molecule has 2 aromatic heterocycles. The van der Waals surface area contributed by atoms with E-state index in [4.69, 9.17) is 15.7 Å². The molecule has 1 aromatic carbocycles. The van der Waals surface area contributed by atoms with Crippen LogP contribution >= 0.6 is 23.1 Å². The van der Waals surface area contributed by atoms with E-state index in [1.165, 1.54) is 36.4 Å². The molecule has 4 heterocycles. The molecule has 210 valence electrons. The number of anilines is 1. The fraction of sp³-hybridized carbons (Fsp3) is 0.273. The van der Waals surface area contributed by atoms with Crippen LogP contribution < -0.4 is 26.0 Å². The average Bonchev–Trinajstić information content (AvgIpc) is 3.46. The van der Waals surface area contributed by atoms with E-state index < -0.39 is 39.2 Å². The number of aryl methyl sites for hydroxylation is 1. The summed E-state index contributed by atoms with van der Waals surface area (Å²) >= 11 is 2.38. The van der Waals surface area contributed by atoms with Crippen molar-refractivity contribution in [3.8, 4) is 0 Å². The summed E-state index contributed by atoms with van der Waals surface area (Å²) in [6.07, 6.45) is 1.66. The Labute approximate surface area is 235 Å². The highest BCUT2D eigenvalue weighted by atomic mass is 32.2. The van der Waals surface area contributed by atoms with Gasteiger partial charge in [0.15, 0.2) is 17.4 Å². The largest absolute Gasteiger partial charge is 0.543 e. The summed E-state index contributed by atoms with van der Waals surface area (Å²) in [7, 11) is -0.929. The summed E-state index contributed by atoms with van der Waals surface area (Å²) in [4.78, 5) is 48.0. The number of nitrogen functional groups attached to an aromatic ring is 1. The number of β-lactam (4-membered cyclic amide) rings is 1. The number of hydrogen-bond acceptors (Lipinski definition) is 12. The number of carbonyl (C=O) groups is 3. The van der Waals surface area contributed by atoms with Crippen LogP contribution in [0.2, 0.25) is 0 Å². The number of sulfonamides is 1. The van der Waals surface area contributed by atoms with Crippen LogP contribution in [0.5, 0.6) is 0 Å². The first kappa shape index (κ1) is 27.6. The van der Waals surface area contributed by atoms with Crippen molar-refractivity contribution in [3.05, 3.63) is 46.7 Å². The molecule has 0 unspecified atom stereocenters. The maximum absolute atomic E-state index is 13.1. The lowest BCUT2D eigenvalue weighted by molar-refractivity contribution is -0.764. The third-order valence-corrected chi connectivity index (χ3v) is 9.32. The number of rotatable bonds is 8. The molecule has 1 saturated heterocycles. The number of nitrogens with one attached hydrogen (secondary N) is 1. The number of amides is 2. The minimum absolute atomic E-state index is 0.0559. The monoisotopic (exact) mass is 606 g/mol. The normalized spacial score (nSPS) is 19.4. The molecule has 40 heavy (non-hydrogen) atoms. The Balaban J connectivity index is 1.39. The number of hydrogen-bond donors (Lipinski definition) is 3. The van der Waals surface area contributed by atoms with Crippen molar-refractivity contribution >= 4 is 72.7 Å². The second-order valence-corrected chi connectivity index (χ2v) is 12.4. The zero-order chi connectivity index (χ0) is 28.9. The van der Waals surface area contributed by atoms with Gasteiger partial charge in [0.05, 0.1) is 29.0 Å². The molecule has 5 N–H and O–H groups in total. The summed E-state index contributed by atoms with van der Waals surface area (Å²) in [5.74, 6) is -2.67. The van der Waals surface area contributed by atoms with Gasteiger partial charge in [-0.2, -0.15) is 4.68 Å². The van der Waals surface area contributed by atoms with Crippen molar-refractivity contribution in [2.75, 3.05) is 18.6 Å². The zero-order valence-corrected chi connectivity index (χ0v) is 23.4. The smallest absolute Gasteiger partial charge is 0.276 e. The van der Waals surface area contributed by atoms with Gasteiger partial charge in [0.1, 0.15) is 29.7 Å². The van der Waals surface area contributed by atoms with Gasteiger partial charge in [-0.1, -0.05) is 5.16 Å². The molecule has 0 saturated carbocycles. The second kappa shape index (κ2) is 10.2. The number of oxime groups is 1. The molecule has 2 amide bonds. The van der Waals surface area contributed by atoms with Crippen molar-refractivity contribution in [1.29, 1.82) is 0 Å². The summed E-state index contributed by atoms with van der Waals surface area (Å²) in [5, 5.41) is 25.3. The van der Waals surface area contributed by atoms with Crippen molar-refractivity contribution in [2.45, 2.75) is 22.9 Å². The Morgan fingerprint density at radius 1 is 1.38 bits per heavy atom. The fourth-order valence-corrected chi connectivity index (χ4v) is 6.97. The summed E-state index contributed by atoms with van der Waals surface area (Å²) in [6, 6.07) is 3.38. The molecular weight excluding hydrogens is 584 g/mol. The maximum Gasteiger partial charge on any atom is 0.276 e. The molecule has 15 nitrogen and oxygen atoms in total. The lowest BCUT2D eigenvalue weighted by Gasteiger charge is -2.50. The topological polar surface area (TPSA) is 219 Å². The van der Waals surface area contributed by atoms with Crippen molar-refractivity contribution < 1.29 is 37.4 Å². The lowest BCUT2D eigenvalue weighted by Crippen LogP contribution is -2.71. The van der Waals surface area contributed by atoms with E-state index in [9.17, 15) is 27.9 Å². The number of primary sulfonamides is 1. The summed E-state index contributed by atoms with van der Waals surface area (Å²) in [5.41, 5.74) is 6.44. The van der Waals surface area contributed by atoms with Gasteiger partial charge in [-0.25, -0.2) is 18.5 Å². The van der Waals surface area contributed by atoms with E-state index in [2.05, 4.69) is 15.5 Å². The number of thioether (sulfide) groups is 1. The molecule has 0 aliphatic carbocycles. The van der Waals surface area contributed by atoms with E-state index in [-0.39, 0.29) is 39.4 Å². The minimum Gasteiger partial charge on any atom is -0.543 e. The first-order chi connectivity index (χ1) is 18.9. The number of carboxylic acid groups (broad SMARTS) is 1. The van der Waals surface area contributed by atoms with Gasteiger partial charge in [0.25, 0.3) is 11.8 Å².